The van der Waals surface area contributed by atoms with E-state index >= 15 is 0 Å². The van der Waals surface area contributed by atoms with Crippen LogP contribution in [0.15, 0.2) is 70.2 Å². The minimum atomic E-state index is -0.0499. The van der Waals surface area contributed by atoms with Gasteiger partial charge in [-0.3, -0.25) is 15.1 Å². The van der Waals surface area contributed by atoms with E-state index in [1.54, 1.807) is 0 Å². The summed E-state index contributed by atoms with van der Waals surface area (Å²) in [4.78, 5) is 19.5. The zero-order valence-corrected chi connectivity index (χ0v) is 18.3. The van der Waals surface area contributed by atoms with Crippen molar-refractivity contribution in [1.82, 2.24) is 10.1 Å². The number of nitrogens with one attached hydrogen (secondary N) is 1. The Morgan fingerprint density at radius 1 is 1.12 bits per heavy atom. The smallest absolute Gasteiger partial charge is 0.231 e. The molecule has 1 aromatic heterocycles. The van der Waals surface area contributed by atoms with Crippen molar-refractivity contribution in [3.8, 4) is 0 Å². The van der Waals surface area contributed by atoms with E-state index in [2.05, 4.69) is 20.4 Å². The Kier molecular flexibility index (Phi) is 6.97. The van der Waals surface area contributed by atoms with Crippen molar-refractivity contribution in [2.45, 2.75) is 25.7 Å². The maximum absolute atomic E-state index is 12.8. The van der Waals surface area contributed by atoms with Gasteiger partial charge in [0.25, 0.3) is 0 Å². The molecule has 1 atom stereocenters. The summed E-state index contributed by atoms with van der Waals surface area (Å²) in [5, 5.41) is 7.15. The van der Waals surface area contributed by atoms with Crippen molar-refractivity contribution in [3.63, 3.8) is 0 Å². The summed E-state index contributed by atoms with van der Waals surface area (Å²) in [6.07, 6.45) is 2.53. The highest BCUT2D eigenvalue weighted by atomic mass is 16.5. The van der Waals surface area contributed by atoms with E-state index in [4.69, 9.17) is 10.3 Å². The van der Waals surface area contributed by atoms with Gasteiger partial charge in [0, 0.05) is 29.7 Å². The highest BCUT2D eigenvalue weighted by molar-refractivity contribution is 6.09. The van der Waals surface area contributed by atoms with Gasteiger partial charge in [-0.1, -0.05) is 60.6 Å². The number of benzene rings is 2. The number of nitrogens with two attached hydrogens (primary N) is 1. The third-order valence-electron chi connectivity index (χ3n) is 5.81. The van der Waals surface area contributed by atoms with E-state index in [1.165, 1.54) is 12.8 Å². The van der Waals surface area contributed by atoms with E-state index in [0.717, 1.165) is 30.9 Å². The van der Waals surface area contributed by atoms with Gasteiger partial charge in [-0.2, -0.15) is 0 Å². The lowest BCUT2D eigenvalue weighted by Crippen LogP contribution is -2.26. The Hall–Kier alpha value is -3.45. The molecule has 0 bridgehead atoms. The number of anilines is 1. The molecule has 0 amide bonds. The van der Waals surface area contributed by atoms with Crippen LogP contribution in [0.25, 0.3) is 0 Å². The van der Waals surface area contributed by atoms with E-state index in [-0.39, 0.29) is 11.7 Å². The number of hydrogen-bond acceptors (Lipinski definition) is 5. The fourth-order valence-electron chi connectivity index (χ4n) is 3.91. The number of rotatable bonds is 8. The Bertz CT molecular complexity index is 1070. The van der Waals surface area contributed by atoms with Crippen LogP contribution in [-0.4, -0.2) is 48.0 Å². The first kappa shape index (κ1) is 21.8. The molecule has 3 aromatic rings. The fraction of sp³-hybridized carbons (Fsp3) is 0.320. The van der Waals surface area contributed by atoms with E-state index in [1.807, 2.05) is 67.6 Å². The van der Waals surface area contributed by atoms with Gasteiger partial charge in [-0.05, 0) is 37.6 Å². The molecule has 0 radical (unpaired) electrons. The van der Waals surface area contributed by atoms with Gasteiger partial charge in [-0.25, -0.2) is 0 Å². The molecule has 7 heteroatoms. The lowest BCUT2D eigenvalue weighted by Gasteiger charge is -2.12. The molecule has 4 rings (SSSR count). The van der Waals surface area contributed by atoms with Crippen molar-refractivity contribution in [3.05, 3.63) is 83.0 Å². The molecular weight excluding hydrogens is 402 g/mol. The van der Waals surface area contributed by atoms with Gasteiger partial charge < -0.3 is 15.2 Å². The van der Waals surface area contributed by atoms with Crippen LogP contribution >= 0.6 is 0 Å². The summed E-state index contributed by atoms with van der Waals surface area (Å²) in [7, 11) is 0. The first-order chi connectivity index (χ1) is 15.6. The number of hydrogen-bond donors (Lipinski definition) is 2. The van der Waals surface area contributed by atoms with E-state index < -0.39 is 0 Å². The summed E-state index contributed by atoms with van der Waals surface area (Å²) in [6, 6.07) is 18.7. The number of likely N-dealkylation sites (tertiary alicyclic amines) is 1. The Morgan fingerprint density at radius 3 is 2.66 bits per heavy atom. The highest BCUT2D eigenvalue weighted by Gasteiger charge is 2.17. The van der Waals surface area contributed by atoms with Gasteiger partial charge >= 0.3 is 0 Å². The zero-order valence-electron chi connectivity index (χ0n) is 18.3. The van der Waals surface area contributed by atoms with Crippen LogP contribution in [0, 0.1) is 0 Å². The predicted molar refractivity (Wildman–Crippen MR) is 126 cm³/mol. The zero-order chi connectivity index (χ0) is 22.3. The van der Waals surface area contributed by atoms with Gasteiger partial charge in [0.15, 0.2) is 11.7 Å². The monoisotopic (exact) mass is 431 g/mol. The number of aliphatic imine (C=N–C) groups is 1. The fourth-order valence-corrected chi connectivity index (χ4v) is 3.91. The lowest BCUT2D eigenvalue weighted by molar-refractivity contribution is 0.103. The number of aromatic nitrogens is 1. The summed E-state index contributed by atoms with van der Waals surface area (Å²) in [5.74, 6) is 0.715. The number of carbonyl (C=O) groups is 1. The first-order valence-electron chi connectivity index (χ1n) is 11.1. The normalized spacial score (nSPS) is 15.6. The summed E-state index contributed by atoms with van der Waals surface area (Å²) < 4.78 is 5.41. The van der Waals surface area contributed by atoms with Gasteiger partial charge in [0.2, 0.25) is 5.88 Å². The van der Waals surface area contributed by atoms with Crippen LogP contribution < -0.4 is 11.1 Å². The second-order valence-electron chi connectivity index (χ2n) is 8.10. The molecule has 166 valence electrons. The lowest BCUT2D eigenvalue weighted by atomic mass is 9.94. The molecule has 0 aliphatic carbocycles. The largest absolute Gasteiger partial charge is 0.370 e. The van der Waals surface area contributed by atoms with Crippen molar-refractivity contribution in [1.29, 1.82) is 0 Å². The predicted octanol–water partition coefficient (Wildman–Crippen LogP) is 3.88. The topological polar surface area (TPSA) is 96.8 Å². The Balaban J connectivity index is 1.39. The SMILES string of the molecule is CC(c1cccc(C(=O)c2ccccc2)c1)c1cc(NC(N)=NCCN2CCCC2)on1. The molecule has 3 N–H and O–H groups in total. The molecule has 7 nitrogen and oxygen atoms in total. The van der Waals surface area contributed by atoms with Gasteiger partial charge in [0.1, 0.15) is 0 Å². The van der Waals surface area contributed by atoms with E-state index in [9.17, 15) is 4.79 Å². The molecule has 1 aliphatic rings. The molecule has 1 aliphatic heterocycles. The summed E-state index contributed by atoms with van der Waals surface area (Å²) in [6.45, 7) is 5.88. The molecule has 1 unspecified atom stereocenters. The van der Waals surface area contributed by atoms with Crippen LogP contribution in [0.4, 0.5) is 5.88 Å². The Labute approximate surface area is 188 Å². The molecular formula is C25H29N5O2. The number of nitrogens with zero attached hydrogens (tertiary/aromatic N) is 3. The molecule has 1 fully saturated rings. The summed E-state index contributed by atoms with van der Waals surface area (Å²) >= 11 is 0. The molecule has 32 heavy (non-hydrogen) atoms. The second kappa shape index (κ2) is 10.2. The molecule has 2 heterocycles. The second-order valence-corrected chi connectivity index (χ2v) is 8.10. The average Bonchev–Trinajstić information content (AvgIpc) is 3.51. The third-order valence-corrected chi connectivity index (χ3v) is 5.81. The quantitative estimate of drug-likeness (QED) is 0.319. The number of ketones is 1. The third kappa shape index (κ3) is 5.42. The maximum Gasteiger partial charge on any atom is 0.231 e. The van der Waals surface area contributed by atoms with Crippen LogP contribution in [0.3, 0.4) is 0 Å². The summed E-state index contributed by atoms with van der Waals surface area (Å²) in [5.41, 5.74) is 9.05. The number of carbonyl (C=O) groups excluding carboxylic acids is 1. The minimum absolute atomic E-state index is 0.0000685. The first-order valence-corrected chi connectivity index (χ1v) is 11.1. The van der Waals surface area contributed by atoms with Crippen LogP contribution in [0.5, 0.6) is 0 Å². The molecule has 0 spiro atoms. The highest BCUT2D eigenvalue weighted by Crippen LogP contribution is 2.26. The van der Waals surface area contributed by atoms with Crippen molar-refractivity contribution in [2.24, 2.45) is 10.7 Å². The average molecular weight is 432 g/mol. The van der Waals surface area contributed by atoms with Crippen LogP contribution in [0.1, 0.15) is 52.9 Å². The standard InChI is InChI=1S/C25H29N5O2/c1-18(20-10-7-11-21(16-20)24(31)19-8-3-2-4-9-19)22-17-23(32-29-22)28-25(26)27-12-15-30-13-5-6-14-30/h2-4,7-11,16-18H,5-6,12-15H2,1H3,(H3,26,27,28). The molecule has 1 saturated heterocycles. The van der Waals surface area contributed by atoms with Crippen LogP contribution in [-0.2, 0) is 0 Å². The van der Waals surface area contributed by atoms with Gasteiger partial charge in [-0.15, -0.1) is 0 Å². The van der Waals surface area contributed by atoms with Crippen molar-refractivity contribution >= 4 is 17.6 Å². The number of guanidine groups is 1. The minimum Gasteiger partial charge on any atom is -0.370 e. The van der Waals surface area contributed by atoms with Crippen LogP contribution in [0.2, 0.25) is 0 Å². The van der Waals surface area contributed by atoms with Crippen molar-refractivity contribution in [2.75, 3.05) is 31.5 Å². The Morgan fingerprint density at radius 2 is 1.88 bits per heavy atom. The van der Waals surface area contributed by atoms with Gasteiger partial charge in [0.05, 0.1) is 12.2 Å². The molecule has 0 saturated carbocycles. The molecule has 2 aromatic carbocycles. The van der Waals surface area contributed by atoms with E-state index in [0.29, 0.717) is 29.5 Å². The van der Waals surface area contributed by atoms with Crippen molar-refractivity contribution < 1.29 is 9.32 Å². The maximum atomic E-state index is 12.8.